The summed E-state index contributed by atoms with van der Waals surface area (Å²) in [6.45, 7) is -1.45. The third-order valence-electron chi connectivity index (χ3n) is 3.35. The second kappa shape index (κ2) is 8.50. The van der Waals surface area contributed by atoms with E-state index in [0.717, 1.165) is 0 Å². The van der Waals surface area contributed by atoms with E-state index in [1.807, 2.05) is 0 Å². The van der Waals surface area contributed by atoms with Crippen LogP contribution in [0.2, 0.25) is 0 Å². The molecule has 1 rings (SSSR count). The van der Waals surface area contributed by atoms with Gasteiger partial charge in [-0.2, -0.15) is 0 Å². The van der Waals surface area contributed by atoms with E-state index in [-0.39, 0.29) is 5.01 Å². The number of hydrogen-bond acceptors (Lipinski definition) is 12. The summed E-state index contributed by atoms with van der Waals surface area (Å²) in [6, 6.07) is 0. The molecule has 146 valence electrons. The summed E-state index contributed by atoms with van der Waals surface area (Å²) in [4.78, 5) is 36.4. The van der Waals surface area contributed by atoms with Gasteiger partial charge in [0.25, 0.3) is 5.91 Å². The van der Waals surface area contributed by atoms with Gasteiger partial charge in [-0.1, -0.05) is 0 Å². The highest BCUT2D eigenvalue weighted by Crippen LogP contribution is 2.22. The summed E-state index contributed by atoms with van der Waals surface area (Å²) < 4.78 is 5.04. The molecular formula is C11H19N7O8. The van der Waals surface area contributed by atoms with Crippen LogP contribution in [0.25, 0.3) is 0 Å². The van der Waals surface area contributed by atoms with E-state index in [1.165, 1.54) is 0 Å². The number of nitrogens with zero attached hydrogens (tertiary/aromatic N) is 3. The first-order valence-electron chi connectivity index (χ1n) is 6.96. The average molecular weight is 377 g/mol. The second-order valence-corrected chi connectivity index (χ2v) is 5.13. The van der Waals surface area contributed by atoms with Gasteiger partial charge in [0.05, 0.1) is 6.61 Å². The number of carbonyl (C=O) groups is 2. The molecule has 0 bridgehead atoms. The van der Waals surface area contributed by atoms with Crippen molar-refractivity contribution in [2.24, 2.45) is 28.0 Å². The topological polar surface area (TPSA) is 267 Å². The molecule has 4 atom stereocenters. The van der Waals surface area contributed by atoms with Crippen molar-refractivity contribution in [2.75, 3.05) is 13.2 Å². The van der Waals surface area contributed by atoms with Gasteiger partial charge in [-0.25, -0.2) is 10.9 Å². The normalized spacial score (nSPS) is 27.0. The molecular weight excluding hydrogens is 358 g/mol. The quantitative estimate of drug-likeness (QED) is 0.0722. The number of amides is 2. The van der Waals surface area contributed by atoms with Crippen molar-refractivity contribution in [3.8, 4) is 0 Å². The zero-order valence-corrected chi connectivity index (χ0v) is 13.3. The van der Waals surface area contributed by atoms with Crippen LogP contribution in [0.1, 0.15) is 0 Å². The van der Waals surface area contributed by atoms with Gasteiger partial charge in [0.2, 0.25) is 5.91 Å². The number of primary amides is 1. The predicted octanol–water partition coefficient (Wildman–Crippen LogP) is -5.58. The van der Waals surface area contributed by atoms with Crippen molar-refractivity contribution < 1.29 is 34.6 Å². The number of nitrogens with two attached hydrogens (primary N) is 4. The Morgan fingerprint density at radius 1 is 1.23 bits per heavy atom. The maximum atomic E-state index is 12.4. The standard InChI is InChI=1S/C11H19N7O8/c12-4(20)1-16-6(5(13)9(14)18(24)25)10(23)17(15)11-8(22)7(21)3(2-19)26-11/h3,7-8,11,19,21-22H,1-2,13-15H2,(H2,12,20). The van der Waals surface area contributed by atoms with Gasteiger partial charge in [0.1, 0.15) is 24.9 Å². The fraction of sp³-hybridized carbons (Fsp3) is 0.545. The van der Waals surface area contributed by atoms with Gasteiger partial charge in [0.15, 0.2) is 17.6 Å². The van der Waals surface area contributed by atoms with E-state index in [2.05, 4.69) is 4.99 Å². The molecule has 4 unspecified atom stereocenters. The van der Waals surface area contributed by atoms with E-state index < -0.39 is 71.7 Å². The number of aliphatic hydroxyl groups is 3. The molecule has 0 radical (unpaired) electrons. The van der Waals surface area contributed by atoms with E-state index in [0.29, 0.717) is 0 Å². The number of ether oxygens (including phenoxy) is 1. The minimum Gasteiger partial charge on any atom is -0.394 e. The molecule has 0 aromatic carbocycles. The maximum Gasteiger partial charge on any atom is 0.339 e. The van der Waals surface area contributed by atoms with E-state index in [4.69, 9.17) is 32.9 Å². The number of nitro groups is 1. The first kappa shape index (κ1) is 21.2. The Morgan fingerprint density at radius 3 is 2.23 bits per heavy atom. The van der Waals surface area contributed by atoms with E-state index in [1.54, 1.807) is 0 Å². The summed E-state index contributed by atoms with van der Waals surface area (Å²) in [7, 11) is 0. The number of hydrazine groups is 1. The van der Waals surface area contributed by atoms with Gasteiger partial charge in [-0.3, -0.25) is 20.3 Å². The van der Waals surface area contributed by atoms with Crippen LogP contribution in [0.4, 0.5) is 0 Å². The Bertz CT molecular complexity index is 650. The van der Waals surface area contributed by atoms with Crippen LogP contribution in [0.3, 0.4) is 0 Å². The van der Waals surface area contributed by atoms with Crippen LogP contribution < -0.4 is 23.0 Å². The predicted molar refractivity (Wildman–Crippen MR) is 82.7 cm³/mol. The summed E-state index contributed by atoms with van der Waals surface area (Å²) in [5.74, 6) is 2.09. The van der Waals surface area contributed by atoms with Crippen molar-refractivity contribution in [3.63, 3.8) is 0 Å². The van der Waals surface area contributed by atoms with Crippen LogP contribution in [-0.2, 0) is 14.3 Å². The van der Waals surface area contributed by atoms with Crippen molar-refractivity contribution in [1.82, 2.24) is 5.01 Å². The minimum atomic E-state index is -1.71. The highest BCUT2D eigenvalue weighted by atomic mass is 16.6. The maximum absolute atomic E-state index is 12.4. The fourth-order valence-corrected chi connectivity index (χ4v) is 1.99. The summed E-state index contributed by atoms with van der Waals surface area (Å²) in [6.07, 6.45) is -6.15. The molecule has 0 spiro atoms. The monoisotopic (exact) mass is 377 g/mol. The van der Waals surface area contributed by atoms with Crippen LogP contribution in [0.15, 0.2) is 16.5 Å². The van der Waals surface area contributed by atoms with Crippen LogP contribution in [0, 0.1) is 10.1 Å². The number of aliphatic imine (C=N–C) groups is 1. The fourth-order valence-electron chi connectivity index (χ4n) is 1.99. The van der Waals surface area contributed by atoms with Gasteiger partial charge >= 0.3 is 5.82 Å². The Hall–Kier alpha value is -2.85. The van der Waals surface area contributed by atoms with Crippen LogP contribution >= 0.6 is 0 Å². The van der Waals surface area contributed by atoms with Gasteiger partial charge in [0, 0.05) is 0 Å². The molecule has 1 fully saturated rings. The van der Waals surface area contributed by atoms with Crippen molar-refractivity contribution in [1.29, 1.82) is 0 Å². The van der Waals surface area contributed by atoms with Crippen molar-refractivity contribution in [2.45, 2.75) is 24.5 Å². The molecule has 1 saturated heterocycles. The molecule has 0 saturated carbocycles. The van der Waals surface area contributed by atoms with E-state index in [9.17, 15) is 29.9 Å². The van der Waals surface area contributed by atoms with Crippen molar-refractivity contribution >= 4 is 17.5 Å². The summed E-state index contributed by atoms with van der Waals surface area (Å²) in [5, 5.41) is 39.5. The summed E-state index contributed by atoms with van der Waals surface area (Å²) in [5.41, 5.74) is 13.7. The Morgan fingerprint density at radius 2 is 1.81 bits per heavy atom. The lowest BCUT2D eigenvalue weighted by molar-refractivity contribution is -0.427. The Kier molecular flexibility index (Phi) is 6.93. The molecule has 1 aliphatic rings. The number of aliphatic hydroxyl groups excluding tert-OH is 3. The smallest absolute Gasteiger partial charge is 0.339 e. The first-order chi connectivity index (χ1) is 12.0. The molecule has 1 heterocycles. The zero-order valence-electron chi connectivity index (χ0n) is 13.3. The van der Waals surface area contributed by atoms with Gasteiger partial charge < -0.3 is 41.6 Å². The van der Waals surface area contributed by atoms with Gasteiger partial charge in [-0.05, 0) is 4.92 Å². The molecule has 11 N–H and O–H groups in total. The Labute approximate surface area is 145 Å². The Balaban J connectivity index is 3.20. The molecule has 0 aromatic heterocycles. The first-order valence-corrected chi connectivity index (χ1v) is 6.96. The minimum absolute atomic E-state index is 0.240. The number of rotatable bonds is 7. The molecule has 15 nitrogen and oxygen atoms in total. The highest BCUT2D eigenvalue weighted by molar-refractivity contribution is 6.45. The largest absolute Gasteiger partial charge is 0.394 e. The average Bonchev–Trinajstić information content (AvgIpc) is 2.87. The van der Waals surface area contributed by atoms with E-state index >= 15 is 0 Å². The molecule has 15 heteroatoms. The molecule has 26 heavy (non-hydrogen) atoms. The SMILES string of the molecule is NC(=O)CN=C(C(=O)N(N)C1OC(CO)C(O)C1O)C(N)=C(N)[N+](=O)[O-]. The lowest BCUT2D eigenvalue weighted by Crippen LogP contribution is -2.54. The molecule has 1 aliphatic heterocycles. The molecule has 0 aliphatic carbocycles. The third kappa shape index (κ3) is 4.41. The molecule has 0 aromatic rings. The lowest BCUT2D eigenvalue weighted by Gasteiger charge is -2.26. The zero-order chi connectivity index (χ0) is 20.2. The third-order valence-corrected chi connectivity index (χ3v) is 3.35. The summed E-state index contributed by atoms with van der Waals surface area (Å²) >= 11 is 0. The van der Waals surface area contributed by atoms with Crippen molar-refractivity contribution in [3.05, 3.63) is 21.6 Å². The number of hydrogen-bond donors (Lipinski definition) is 7. The van der Waals surface area contributed by atoms with Gasteiger partial charge in [-0.15, -0.1) is 0 Å². The number of carbonyl (C=O) groups excluding carboxylic acids is 2. The van der Waals surface area contributed by atoms with Crippen LogP contribution in [0.5, 0.6) is 0 Å². The lowest BCUT2D eigenvalue weighted by atomic mass is 10.1. The highest BCUT2D eigenvalue weighted by Gasteiger charge is 2.46. The van der Waals surface area contributed by atoms with Crippen LogP contribution in [-0.4, -0.2) is 80.5 Å². The molecule has 2 amide bonds. The second-order valence-electron chi connectivity index (χ2n) is 5.13.